The molecule has 31 heavy (non-hydrogen) atoms. The third-order valence-corrected chi connectivity index (χ3v) is 5.92. The Balaban J connectivity index is 1.69. The lowest BCUT2D eigenvalue weighted by Crippen LogP contribution is -2.21. The van der Waals surface area contributed by atoms with Crippen molar-refractivity contribution >= 4 is 0 Å². The van der Waals surface area contributed by atoms with Crippen molar-refractivity contribution < 1.29 is 31.1 Å². The van der Waals surface area contributed by atoms with Crippen molar-refractivity contribution in [2.24, 2.45) is 5.92 Å². The van der Waals surface area contributed by atoms with Gasteiger partial charge < -0.3 is 4.74 Å². The van der Waals surface area contributed by atoms with Crippen molar-refractivity contribution in [1.82, 2.24) is 0 Å². The highest BCUT2D eigenvalue weighted by Gasteiger charge is 2.37. The molecule has 1 saturated carbocycles. The van der Waals surface area contributed by atoms with Gasteiger partial charge >= 0.3 is 12.3 Å². The molecule has 1 fully saturated rings. The maximum atomic E-state index is 14.6. The van der Waals surface area contributed by atoms with E-state index in [2.05, 4.69) is 6.58 Å². The summed E-state index contributed by atoms with van der Waals surface area (Å²) in [6.45, 7) is 5.06. The zero-order valence-electron chi connectivity index (χ0n) is 17.1. The Hall–Kier alpha value is -2.28. The molecular weight excluding hydrogens is 418 g/mol. The predicted molar refractivity (Wildman–Crippen MR) is 106 cm³/mol. The van der Waals surface area contributed by atoms with Crippen LogP contribution < -0.4 is 0 Å². The van der Waals surface area contributed by atoms with E-state index in [0.29, 0.717) is 24.0 Å². The van der Waals surface area contributed by atoms with E-state index in [9.17, 15) is 26.3 Å². The number of alkyl halides is 5. The third kappa shape index (κ3) is 5.50. The van der Waals surface area contributed by atoms with Gasteiger partial charge in [0.1, 0.15) is 5.82 Å². The van der Waals surface area contributed by atoms with Crippen molar-refractivity contribution in [3.63, 3.8) is 0 Å². The molecule has 1 nitrogen and oxygen atoms in total. The number of halogens is 6. The molecule has 0 N–H and O–H groups in total. The smallest absolute Gasteiger partial charge is 0.309 e. The molecule has 0 radical (unpaired) electrons. The predicted octanol–water partition coefficient (Wildman–Crippen LogP) is 8.13. The Morgan fingerprint density at radius 1 is 0.968 bits per heavy atom. The fourth-order valence-corrected chi connectivity index (χ4v) is 4.01. The normalized spacial score (nSPS) is 21.0. The number of hydrogen-bond acceptors (Lipinski definition) is 1. The highest BCUT2D eigenvalue weighted by Crippen LogP contribution is 2.40. The van der Waals surface area contributed by atoms with E-state index in [4.69, 9.17) is 4.74 Å². The molecule has 3 rings (SSSR count). The topological polar surface area (TPSA) is 9.23 Å². The van der Waals surface area contributed by atoms with E-state index in [-0.39, 0.29) is 11.1 Å². The number of allylic oxidation sites excluding steroid dienone is 1. The molecule has 0 spiro atoms. The lowest BCUT2D eigenvalue weighted by Gasteiger charge is -2.27. The van der Waals surface area contributed by atoms with Crippen LogP contribution in [0.25, 0.3) is 0 Å². The summed E-state index contributed by atoms with van der Waals surface area (Å²) in [5, 5.41) is 0. The first-order valence-corrected chi connectivity index (χ1v) is 10.2. The molecule has 1 aliphatic rings. The number of ether oxygens (including phenoxy) is 1. The standard InChI is InChI=1S/C24H24F6O/c1-3-16-4-6-17(7-5-16)18-8-11-20(12-9-18)24(29,30)31-15(2)19-10-13-21(22(25)14-19)23(26,27)28/h3,8-17H,1,4-7H2,2H3. The lowest BCUT2D eigenvalue weighted by atomic mass is 9.78. The Bertz CT molecular complexity index is 895. The van der Waals surface area contributed by atoms with Gasteiger partial charge in [0, 0.05) is 0 Å². The fourth-order valence-electron chi connectivity index (χ4n) is 4.01. The van der Waals surface area contributed by atoms with E-state index in [1.54, 1.807) is 12.1 Å². The molecule has 1 aliphatic carbocycles. The minimum absolute atomic E-state index is 0.110. The summed E-state index contributed by atoms with van der Waals surface area (Å²) >= 11 is 0. The molecule has 0 bridgehead atoms. The zero-order chi connectivity index (χ0) is 22.8. The Labute approximate surface area is 177 Å². The van der Waals surface area contributed by atoms with Crippen LogP contribution in [0.3, 0.4) is 0 Å². The highest BCUT2D eigenvalue weighted by molar-refractivity contribution is 5.29. The summed E-state index contributed by atoms with van der Waals surface area (Å²) < 4.78 is 85.9. The van der Waals surface area contributed by atoms with Crippen LogP contribution in [0.5, 0.6) is 0 Å². The van der Waals surface area contributed by atoms with Crippen LogP contribution in [-0.4, -0.2) is 0 Å². The van der Waals surface area contributed by atoms with Gasteiger partial charge in [-0.15, -0.1) is 6.58 Å². The van der Waals surface area contributed by atoms with Gasteiger partial charge in [0.2, 0.25) is 0 Å². The van der Waals surface area contributed by atoms with Crippen molar-refractivity contribution in [2.45, 2.75) is 56.9 Å². The summed E-state index contributed by atoms with van der Waals surface area (Å²) in [4.78, 5) is 0. The molecule has 1 atom stereocenters. The zero-order valence-corrected chi connectivity index (χ0v) is 17.1. The summed E-state index contributed by atoms with van der Waals surface area (Å²) in [6.07, 6.45) is -3.91. The molecule has 0 heterocycles. The van der Waals surface area contributed by atoms with Gasteiger partial charge in [-0.2, -0.15) is 22.0 Å². The first kappa shape index (κ1) is 23.4. The summed E-state index contributed by atoms with van der Waals surface area (Å²) in [5.74, 6) is -0.710. The van der Waals surface area contributed by atoms with Gasteiger partial charge in [0.05, 0.1) is 17.2 Å². The molecule has 1 unspecified atom stereocenters. The quantitative estimate of drug-likeness (QED) is 0.324. The maximum Gasteiger partial charge on any atom is 0.419 e. The van der Waals surface area contributed by atoms with E-state index in [0.717, 1.165) is 37.3 Å². The van der Waals surface area contributed by atoms with E-state index >= 15 is 0 Å². The van der Waals surface area contributed by atoms with E-state index < -0.39 is 29.8 Å². The first-order chi connectivity index (χ1) is 14.5. The maximum absolute atomic E-state index is 14.6. The van der Waals surface area contributed by atoms with Crippen molar-refractivity contribution in [3.05, 3.63) is 83.2 Å². The Morgan fingerprint density at radius 2 is 1.58 bits per heavy atom. The van der Waals surface area contributed by atoms with Gasteiger partial charge in [-0.1, -0.05) is 36.4 Å². The van der Waals surface area contributed by atoms with Crippen LogP contribution in [-0.2, 0) is 17.0 Å². The molecule has 0 aliphatic heterocycles. The van der Waals surface area contributed by atoms with Crippen LogP contribution in [0, 0.1) is 11.7 Å². The van der Waals surface area contributed by atoms with Crippen molar-refractivity contribution in [3.8, 4) is 0 Å². The van der Waals surface area contributed by atoms with Crippen LogP contribution in [0.15, 0.2) is 55.1 Å². The highest BCUT2D eigenvalue weighted by atomic mass is 19.4. The average Bonchev–Trinajstić information content (AvgIpc) is 2.72. The summed E-state index contributed by atoms with van der Waals surface area (Å²) in [5.41, 5.74) is -0.941. The number of hydrogen-bond donors (Lipinski definition) is 0. The second kappa shape index (κ2) is 9.07. The van der Waals surface area contributed by atoms with Gasteiger partial charge in [-0.05, 0) is 67.7 Å². The minimum Gasteiger partial charge on any atom is -0.309 e. The summed E-state index contributed by atoms with van der Waals surface area (Å²) in [7, 11) is 0. The van der Waals surface area contributed by atoms with E-state index in [1.165, 1.54) is 19.1 Å². The third-order valence-electron chi connectivity index (χ3n) is 5.92. The second-order valence-corrected chi connectivity index (χ2v) is 7.98. The second-order valence-electron chi connectivity index (χ2n) is 7.98. The van der Waals surface area contributed by atoms with Crippen molar-refractivity contribution in [1.29, 1.82) is 0 Å². The monoisotopic (exact) mass is 442 g/mol. The number of benzene rings is 2. The van der Waals surface area contributed by atoms with Crippen LogP contribution in [0.4, 0.5) is 26.3 Å². The molecule has 2 aromatic rings. The molecule has 0 amide bonds. The SMILES string of the molecule is C=CC1CCC(c2ccc(C(F)(F)OC(C)c3ccc(C(F)(F)F)c(F)c3)cc2)CC1. The van der Waals surface area contributed by atoms with Gasteiger partial charge in [0.25, 0.3) is 0 Å². The van der Waals surface area contributed by atoms with Crippen LogP contribution >= 0.6 is 0 Å². The van der Waals surface area contributed by atoms with Gasteiger partial charge in [0.15, 0.2) is 0 Å². The molecular formula is C24H24F6O. The van der Waals surface area contributed by atoms with Crippen molar-refractivity contribution in [2.75, 3.05) is 0 Å². The first-order valence-electron chi connectivity index (χ1n) is 10.2. The molecule has 168 valence electrons. The van der Waals surface area contributed by atoms with Crippen LogP contribution in [0.1, 0.15) is 66.9 Å². The summed E-state index contributed by atoms with van der Waals surface area (Å²) in [6, 6.07) is 7.96. The lowest BCUT2D eigenvalue weighted by molar-refractivity contribution is -0.272. The molecule has 7 heteroatoms. The molecule has 0 saturated heterocycles. The fraction of sp³-hybridized carbons (Fsp3) is 0.417. The molecule has 2 aromatic carbocycles. The van der Waals surface area contributed by atoms with Gasteiger partial charge in [-0.25, -0.2) is 4.39 Å². The number of rotatable bonds is 6. The Kier molecular flexibility index (Phi) is 6.84. The average molecular weight is 442 g/mol. The molecule has 0 aromatic heterocycles. The Morgan fingerprint density at radius 3 is 2.10 bits per heavy atom. The van der Waals surface area contributed by atoms with Crippen LogP contribution in [0.2, 0.25) is 0 Å². The minimum atomic E-state index is -4.86. The van der Waals surface area contributed by atoms with Gasteiger partial charge in [-0.3, -0.25) is 0 Å². The largest absolute Gasteiger partial charge is 0.419 e. The van der Waals surface area contributed by atoms with E-state index in [1.807, 2.05) is 6.08 Å².